The highest BCUT2D eigenvalue weighted by Crippen LogP contribution is 2.70. The summed E-state index contributed by atoms with van der Waals surface area (Å²) in [6.07, 6.45) is 11.8. The predicted octanol–water partition coefficient (Wildman–Crippen LogP) is 3.46. The lowest BCUT2D eigenvalue weighted by Crippen LogP contribution is -2.55. The summed E-state index contributed by atoms with van der Waals surface area (Å²) >= 11 is 0. The van der Waals surface area contributed by atoms with Crippen molar-refractivity contribution < 1.29 is 14.3 Å². The van der Waals surface area contributed by atoms with Gasteiger partial charge in [-0.1, -0.05) is 26.7 Å². The lowest BCUT2D eigenvalue weighted by molar-refractivity contribution is -0.146. The highest BCUT2D eigenvalue weighted by Gasteiger charge is 2.78. The molecule has 0 bridgehead atoms. The van der Waals surface area contributed by atoms with Gasteiger partial charge < -0.3 is 19.3 Å². The Hall–Kier alpha value is -0.650. The minimum atomic E-state index is 0.0181. The molecule has 5 heteroatoms. The van der Waals surface area contributed by atoms with E-state index in [0.29, 0.717) is 5.92 Å². The molecule has 6 aliphatic rings. The zero-order chi connectivity index (χ0) is 20.5. The number of carbonyl (C=O) groups is 1. The molecule has 5 nitrogen and oxygen atoms in total. The number of hydrogen-bond acceptors (Lipinski definition) is 5. The van der Waals surface area contributed by atoms with E-state index in [-0.39, 0.29) is 41.0 Å². The molecule has 6 fully saturated rings. The molecule has 0 amide bonds. The predicted molar refractivity (Wildman–Crippen MR) is 115 cm³/mol. The van der Waals surface area contributed by atoms with E-state index in [1.54, 1.807) is 0 Å². The molecule has 4 heterocycles. The summed E-state index contributed by atoms with van der Waals surface area (Å²) in [5, 5.41) is 0. The van der Waals surface area contributed by atoms with E-state index < -0.39 is 0 Å². The van der Waals surface area contributed by atoms with Crippen molar-refractivity contribution in [2.24, 2.45) is 23.2 Å². The molecule has 2 saturated carbocycles. The third-order valence-electron chi connectivity index (χ3n) is 10.1. The number of epoxide rings is 1. The molecular weight excluding hydrogens is 376 g/mol. The van der Waals surface area contributed by atoms with Crippen molar-refractivity contribution in [3.63, 3.8) is 0 Å². The second kappa shape index (κ2) is 7.18. The Morgan fingerprint density at radius 2 is 1.80 bits per heavy atom. The summed E-state index contributed by atoms with van der Waals surface area (Å²) in [6, 6.07) is 0.762. The first-order valence-electron chi connectivity index (χ1n) is 12.9. The van der Waals surface area contributed by atoms with E-state index in [9.17, 15) is 4.79 Å². The maximum Gasteiger partial charge on any atom is 0.311 e. The number of esters is 1. The van der Waals surface area contributed by atoms with Gasteiger partial charge in [0, 0.05) is 23.9 Å². The van der Waals surface area contributed by atoms with Gasteiger partial charge in [0.25, 0.3) is 0 Å². The van der Waals surface area contributed by atoms with Crippen LogP contribution in [0.15, 0.2) is 0 Å². The van der Waals surface area contributed by atoms with E-state index in [1.165, 1.54) is 64.5 Å². The van der Waals surface area contributed by atoms with Gasteiger partial charge in [-0.05, 0) is 77.0 Å². The van der Waals surface area contributed by atoms with E-state index >= 15 is 0 Å². The Labute approximate surface area is 181 Å². The monoisotopic (exact) mass is 416 g/mol. The van der Waals surface area contributed by atoms with E-state index in [4.69, 9.17) is 9.47 Å². The normalized spacial score (nSPS) is 49.8. The fourth-order valence-corrected chi connectivity index (χ4v) is 8.47. The average molecular weight is 417 g/mol. The maximum atomic E-state index is 13.0. The number of carbonyl (C=O) groups excluding carboxylic acids is 1. The first-order valence-corrected chi connectivity index (χ1v) is 12.9. The summed E-state index contributed by atoms with van der Waals surface area (Å²) in [6.45, 7) is 10.5. The standard InChI is InChI=1S/C25H40N2O3/c1-17-7-6-10-24(2)15-20-21(22-25(17,24)30-22)19(23(28)29-20)16-26-13-8-18(9-14-26)27-11-4-3-5-12-27/h17-22H,3-16H2,1-2H3/t17-,19?,20+,21+,22?,24+,25?/m0/s1. The Balaban J connectivity index is 1.12. The zero-order valence-corrected chi connectivity index (χ0v) is 19.0. The average Bonchev–Trinajstić information content (AvgIpc) is 3.44. The Kier molecular flexibility index (Phi) is 4.78. The van der Waals surface area contributed by atoms with Gasteiger partial charge in [-0.25, -0.2) is 0 Å². The molecule has 4 aliphatic heterocycles. The molecular formula is C25H40N2O3. The number of ether oxygens (including phenoxy) is 2. The Morgan fingerprint density at radius 1 is 1.03 bits per heavy atom. The van der Waals surface area contributed by atoms with Crippen LogP contribution in [0.25, 0.3) is 0 Å². The van der Waals surface area contributed by atoms with Crippen LogP contribution in [0, 0.1) is 23.2 Å². The number of rotatable bonds is 3. The van der Waals surface area contributed by atoms with E-state index in [2.05, 4.69) is 23.6 Å². The maximum absolute atomic E-state index is 13.0. The van der Waals surface area contributed by atoms with Crippen molar-refractivity contribution in [2.75, 3.05) is 32.7 Å². The number of hydrogen-bond donors (Lipinski definition) is 0. The Morgan fingerprint density at radius 3 is 2.57 bits per heavy atom. The third-order valence-corrected chi connectivity index (χ3v) is 10.1. The molecule has 3 unspecified atom stereocenters. The molecule has 30 heavy (non-hydrogen) atoms. The minimum Gasteiger partial charge on any atom is -0.462 e. The lowest BCUT2D eigenvalue weighted by atomic mass is 9.53. The molecule has 6 rings (SSSR count). The molecule has 7 atom stereocenters. The van der Waals surface area contributed by atoms with Crippen molar-refractivity contribution in [1.29, 1.82) is 0 Å². The van der Waals surface area contributed by atoms with Crippen molar-refractivity contribution in [2.45, 2.75) is 95.5 Å². The van der Waals surface area contributed by atoms with Crippen LogP contribution >= 0.6 is 0 Å². The van der Waals surface area contributed by atoms with Crippen molar-refractivity contribution in [1.82, 2.24) is 9.80 Å². The second-order valence-electron chi connectivity index (χ2n) is 11.7. The number of piperidine rings is 2. The van der Waals surface area contributed by atoms with Crippen LogP contribution in [0.3, 0.4) is 0 Å². The largest absolute Gasteiger partial charge is 0.462 e. The summed E-state index contributed by atoms with van der Waals surface area (Å²) in [4.78, 5) is 18.3. The van der Waals surface area contributed by atoms with Gasteiger partial charge >= 0.3 is 5.97 Å². The van der Waals surface area contributed by atoms with Crippen LogP contribution in [0.4, 0.5) is 0 Å². The zero-order valence-electron chi connectivity index (χ0n) is 19.0. The first-order chi connectivity index (χ1) is 14.5. The molecule has 0 N–H and O–H groups in total. The van der Waals surface area contributed by atoms with Gasteiger partial charge in [-0.2, -0.15) is 0 Å². The Bertz CT molecular complexity index is 686. The van der Waals surface area contributed by atoms with Crippen molar-refractivity contribution in [3.05, 3.63) is 0 Å². The van der Waals surface area contributed by atoms with Crippen LogP contribution in [0.5, 0.6) is 0 Å². The first kappa shape index (κ1) is 20.0. The van der Waals surface area contributed by atoms with Crippen molar-refractivity contribution in [3.8, 4) is 0 Å². The van der Waals surface area contributed by atoms with Crippen LogP contribution < -0.4 is 0 Å². The van der Waals surface area contributed by atoms with Crippen LogP contribution in [0.1, 0.15) is 71.6 Å². The van der Waals surface area contributed by atoms with E-state index in [0.717, 1.165) is 32.1 Å². The van der Waals surface area contributed by atoms with Crippen LogP contribution in [0.2, 0.25) is 0 Å². The van der Waals surface area contributed by atoms with Crippen molar-refractivity contribution >= 4 is 5.97 Å². The highest BCUT2D eigenvalue weighted by atomic mass is 16.6. The SMILES string of the molecule is C[C@H]1CCC[C@]2(C)C[C@H]3OC(=O)C(CN4CCC(N5CCCCC5)CC4)[C@H]3C3OC312. The molecule has 0 aromatic carbocycles. The molecule has 4 saturated heterocycles. The number of fused-ring (bicyclic) bond motifs is 2. The fourth-order valence-electron chi connectivity index (χ4n) is 8.47. The van der Waals surface area contributed by atoms with E-state index in [1.807, 2.05) is 0 Å². The molecule has 0 radical (unpaired) electrons. The van der Waals surface area contributed by atoms with Gasteiger partial charge in [-0.15, -0.1) is 0 Å². The third kappa shape index (κ3) is 2.87. The summed E-state index contributed by atoms with van der Waals surface area (Å²) in [5.41, 5.74) is 0.221. The number of likely N-dealkylation sites (tertiary alicyclic amines) is 2. The van der Waals surface area contributed by atoms with Gasteiger partial charge in [0.2, 0.25) is 0 Å². The summed E-state index contributed by atoms with van der Waals surface area (Å²) in [5.74, 6) is 0.970. The molecule has 0 aromatic heterocycles. The molecule has 1 spiro atoms. The van der Waals surface area contributed by atoms with Crippen LogP contribution in [-0.4, -0.2) is 72.3 Å². The molecule has 2 aliphatic carbocycles. The highest BCUT2D eigenvalue weighted by molar-refractivity contribution is 5.76. The van der Waals surface area contributed by atoms with Gasteiger partial charge in [-0.3, -0.25) is 4.79 Å². The molecule has 168 valence electrons. The lowest BCUT2D eigenvalue weighted by Gasteiger charge is -2.49. The quantitative estimate of drug-likeness (QED) is 0.521. The van der Waals surface area contributed by atoms with Gasteiger partial charge in [0.1, 0.15) is 11.7 Å². The van der Waals surface area contributed by atoms with Crippen LogP contribution in [-0.2, 0) is 14.3 Å². The summed E-state index contributed by atoms with van der Waals surface area (Å²) in [7, 11) is 0. The van der Waals surface area contributed by atoms with Gasteiger partial charge in [0.15, 0.2) is 0 Å². The number of nitrogens with zero attached hydrogens (tertiary/aromatic N) is 2. The minimum absolute atomic E-state index is 0.0181. The van der Waals surface area contributed by atoms with Gasteiger partial charge in [0.05, 0.1) is 12.0 Å². The fraction of sp³-hybridized carbons (Fsp3) is 0.960. The molecule has 0 aromatic rings. The second-order valence-corrected chi connectivity index (χ2v) is 11.7. The topological polar surface area (TPSA) is 45.3 Å². The summed E-state index contributed by atoms with van der Waals surface area (Å²) < 4.78 is 12.6. The smallest absolute Gasteiger partial charge is 0.311 e.